The molecule has 2 aliphatic heterocycles. The van der Waals surface area contributed by atoms with Crippen molar-refractivity contribution in [3.05, 3.63) is 135 Å². The van der Waals surface area contributed by atoms with E-state index in [2.05, 4.69) is 38.1 Å². The second kappa shape index (κ2) is 10.3. The van der Waals surface area contributed by atoms with Crippen LogP contribution in [0.3, 0.4) is 0 Å². The van der Waals surface area contributed by atoms with Crippen molar-refractivity contribution in [1.82, 2.24) is 0 Å². The average Bonchev–Trinajstić information content (AvgIpc) is 3.39. The molecule has 0 aromatic heterocycles. The van der Waals surface area contributed by atoms with Gasteiger partial charge in [0.1, 0.15) is 5.69 Å². The van der Waals surface area contributed by atoms with E-state index in [9.17, 15) is 14.9 Å². The van der Waals surface area contributed by atoms with E-state index >= 15 is 0 Å². The van der Waals surface area contributed by atoms with Crippen molar-refractivity contribution in [2.75, 3.05) is 10.0 Å². The van der Waals surface area contributed by atoms with Crippen molar-refractivity contribution < 1.29 is 9.72 Å². The molecule has 204 valence electrons. The zero-order valence-electron chi connectivity index (χ0n) is 22.8. The van der Waals surface area contributed by atoms with Crippen LogP contribution in [0.5, 0.6) is 0 Å². The highest BCUT2D eigenvalue weighted by Gasteiger charge is 2.56. The molecule has 0 radical (unpaired) electrons. The van der Waals surface area contributed by atoms with Gasteiger partial charge < -0.3 is 0 Å². The Morgan fingerprint density at radius 3 is 2.20 bits per heavy atom. The maximum atomic E-state index is 12.8. The number of hydrazone groups is 2. The van der Waals surface area contributed by atoms with Gasteiger partial charge in [0.2, 0.25) is 4.99 Å². The molecule has 9 heteroatoms. The fourth-order valence-corrected chi connectivity index (χ4v) is 6.45. The van der Waals surface area contributed by atoms with Crippen LogP contribution < -0.4 is 10.0 Å². The Hall–Kier alpha value is -4.76. The molecule has 0 saturated heterocycles. The van der Waals surface area contributed by atoms with Crippen LogP contribution in [-0.2, 0) is 9.79 Å². The Kier molecular flexibility index (Phi) is 6.67. The molecule has 0 saturated carbocycles. The molecule has 4 aromatic rings. The highest BCUT2D eigenvalue weighted by Crippen LogP contribution is 2.56. The Bertz CT molecular complexity index is 1720. The van der Waals surface area contributed by atoms with Gasteiger partial charge in [-0.15, -0.1) is 0 Å². The minimum atomic E-state index is -1.26. The van der Waals surface area contributed by atoms with E-state index in [0.29, 0.717) is 5.92 Å². The fourth-order valence-electron chi connectivity index (χ4n) is 5.17. The van der Waals surface area contributed by atoms with Crippen LogP contribution in [0.2, 0.25) is 0 Å². The number of Topliss-reactive ketones (excluding diaryl/α,β-unsaturated/α-hetero) is 1. The second-order valence-corrected chi connectivity index (χ2v) is 11.3. The molecule has 0 amide bonds. The van der Waals surface area contributed by atoms with Gasteiger partial charge in [-0.05, 0) is 41.4 Å². The van der Waals surface area contributed by atoms with E-state index in [1.165, 1.54) is 30.3 Å². The molecule has 1 unspecified atom stereocenters. The Balaban J connectivity index is 1.66. The summed E-state index contributed by atoms with van der Waals surface area (Å²) in [4.78, 5) is 23.3. The van der Waals surface area contributed by atoms with Crippen LogP contribution in [0, 0.1) is 10.1 Å². The van der Waals surface area contributed by atoms with E-state index in [-0.39, 0.29) is 22.2 Å². The van der Waals surface area contributed by atoms with Gasteiger partial charge in [0.05, 0.1) is 16.3 Å². The summed E-state index contributed by atoms with van der Waals surface area (Å²) in [6, 6.07) is 32.3. The minimum Gasteiger partial charge on any atom is -0.292 e. The molecule has 1 spiro atoms. The van der Waals surface area contributed by atoms with Crippen LogP contribution in [0.25, 0.3) is 0 Å². The monoisotopic (exact) mass is 561 g/mol. The number of carbonyl (C=O) groups is 1. The van der Waals surface area contributed by atoms with E-state index in [4.69, 9.17) is 10.2 Å². The lowest BCUT2D eigenvalue weighted by Crippen LogP contribution is -2.54. The molecule has 0 fully saturated rings. The number of anilines is 2. The number of ketones is 1. The molecule has 2 aliphatic rings. The first-order chi connectivity index (χ1) is 19.8. The van der Waals surface area contributed by atoms with Gasteiger partial charge in [0, 0.05) is 29.7 Å². The SMILES string of the molecule is CC(=O)C1=NN(c2ccccc2[N+](=O)[O-])C2(S1)c1ccccc1C(c1ccc(C(C)C)cc1)=NN2c1ccccc1. The lowest BCUT2D eigenvalue weighted by Gasteiger charge is -2.46. The smallest absolute Gasteiger partial charge is 0.292 e. The lowest BCUT2D eigenvalue weighted by molar-refractivity contribution is -0.384. The highest BCUT2D eigenvalue weighted by molar-refractivity contribution is 8.17. The maximum absolute atomic E-state index is 12.8. The number of benzene rings is 4. The predicted molar refractivity (Wildman–Crippen MR) is 164 cm³/mol. The molecule has 4 aromatic carbocycles. The lowest BCUT2D eigenvalue weighted by atomic mass is 9.92. The van der Waals surface area contributed by atoms with E-state index in [0.717, 1.165) is 28.1 Å². The normalized spacial score (nSPS) is 17.9. The molecule has 1 atom stereocenters. The number of carbonyl (C=O) groups excluding carboxylic acids is 1. The number of fused-ring (bicyclic) bond motifs is 2. The van der Waals surface area contributed by atoms with Crippen molar-refractivity contribution in [3.8, 4) is 0 Å². The first-order valence-electron chi connectivity index (χ1n) is 13.3. The molecular formula is C32H27N5O3S. The summed E-state index contributed by atoms with van der Waals surface area (Å²) < 4.78 is 0. The number of nitro benzene ring substituents is 1. The van der Waals surface area contributed by atoms with Gasteiger partial charge in [-0.25, -0.2) is 10.0 Å². The number of hydrogen-bond acceptors (Lipinski definition) is 8. The van der Waals surface area contributed by atoms with Gasteiger partial charge >= 0.3 is 0 Å². The summed E-state index contributed by atoms with van der Waals surface area (Å²) in [6.45, 7) is 5.77. The molecular weight excluding hydrogens is 534 g/mol. The van der Waals surface area contributed by atoms with Gasteiger partial charge in [-0.3, -0.25) is 14.9 Å². The number of hydrogen-bond donors (Lipinski definition) is 0. The molecule has 2 heterocycles. The summed E-state index contributed by atoms with van der Waals surface area (Å²) in [7, 11) is 0. The number of para-hydroxylation sites is 3. The van der Waals surface area contributed by atoms with Crippen LogP contribution in [0.4, 0.5) is 17.1 Å². The largest absolute Gasteiger partial charge is 0.294 e. The average molecular weight is 562 g/mol. The third-order valence-electron chi connectivity index (χ3n) is 7.20. The van der Waals surface area contributed by atoms with Crippen LogP contribution in [0.1, 0.15) is 48.9 Å². The number of nitro groups is 1. The third kappa shape index (κ3) is 4.38. The Morgan fingerprint density at radius 1 is 0.854 bits per heavy atom. The van der Waals surface area contributed by atoms with Gasteiger partial charge in [-0.1, -0.05) is 92.7 Å². The molecule has 0 bridgehead atoms. The molecule has 41 heavy (non-hydrogen) atoms. The van der Waals surface area contributed by atoms with Crippen LogP contribution in [-0.4, -0.2) is 21.5 Å². The summed E-state index contributed by atoms with van der Waals surface area (Å²) in [5, 5.41) is 25.8. The Morgan fingerprint density at radius 2 is 1.51 bits per heavy atom. The molecule has 8 nitrogen and oxygen atoms in total. The first-order valence-corrected chi connectivity index (χ1v) is 14.1. The molecule has 0 N–H and O–H groups in total. The second-order valence-electron chi connectivity index (χ2n) is 10.1. The van der Waals surface area contributed by atoms with E-state index in [1.807, 2.05) is 59.6 Å². The zero-order valence-corrected chi connectivity index (χ0v) is 23.6. The summed E-state index contributed by atoms with van der Waals surface area (Å²) in [5.74, 6) is 0.154. The summed E-state index contributed by atoms with van der Waals surface area (Å²) in [6.07, 6.45) is 0. The van der Waals surface area contributed by atoms with E-state index in [1.54, 1.807) is 23.2 Å². The Labute approximate surface area is 242 Å². The molecule has 0 aliphatic carbocycles. The van der Waals surface area contributed by atoms with Crippen molar-refractivity contribution in [3.63, 3.8) is 0 Å². The topological polar surface area (TPSA) is 91.4 Å². The van der Waals surface area contributed by atoms with Gasteiger partial charge in [0.25, 0.3) is 5.69 Å². The summed E-state index contributed by atoms with van der Waals surface area (Å²) in [5.41, 5.74) is 5.47. The fraction of sp³-hybridized carbons (Fsp3) is 0.156. The standard InChI is InChI=1S/C32H27N5O3S/c1-21(2)23-17-19-24(20-18-23)30-26-13-7-8-14-27(26)32(35(33-30)25-11-5-4-6-12-25)36(34-31(41-32)22(3)38)28-15-9-10-16-29(28)37(39)40/h4-21H,1-3H3. The van der Waals surface area contributed by atoms with Crippen LogP contribution in [0.15, 0.2) is 113 Å². The predicted octanol–water partition coefficient (Wildman–Crippen LogP) is 7.26. The minimum absolute atomic E-state index is 0.120. The first kappa shape index (κ1) is 26.5. The van der Waals surface area contributed by atoms with E-state index < -0.39 is 9.92 Å². The zero-order chi connectivity index (χ0) is 28.7. The quantitative estimate of drug-likeness (QED) is 0.182. The third-order valence-corrected chi connectivity index (χ3v) is 8.61. The summed E-state index contributed by atoms with van der Waals surface area (Å²) >= 11 is 1.24. The number of rotatable bonds is 6. The van der Waals surface area contributed by atoms with Crippen molar-refractivity contribution >= 4 is 45.4 Å². The van der Waals surface area contributed by atoms with Crippen molar-refractivity contribution in [1.29, 1.82) is 0 Å². The van der Waals surface area contributed by atoms with Crippen LogP contribution >= 0.6 is 11.8 Å². The molecule has 6 rings (SSSR count). The van der Waals surface area contributed by atoms with Crippen molar-refractivity contribution in [2.45, 2.75) is 31.7 Å². The number of nitrogens with zero attached hydrogens (tertiary/aromatic N) is 5. The van der Waals surface area contributed by atoms with Gasteiger partial charge in [-0.2, -0.15) is 10.2 Å². The highest BCUT2D eigenvalue weighted by atomic mass is 32.2. The number of thioether (sulfide) groups is 1. The van der Waals surface area contributed by atoms with Gasteiger partial charge in [0.15, 0.2) is 10.8 Å². The van der Waals surface area contributed by atoms with Crippen molar-refractivity contribution in [2.24, 2.45) is 10.2 Å². The maximum Gasteiger partial charge on any atom is 0.294 e.